The van der Waals surface area contributed by atoms with Gasteiger partial charge >= 0.3 is 0 Å². The Kier molecular flexibility index (Phi) is 5.99. The fourth-order valence-electron chi connectivity index (χ4n) is 5.66. The van der Waals surface area contributed by atoms with Crippen LogP contribution in [0.3, 0.4) is 0 Å². The predicted octanol–water partition coefficient (Wildman–Crippen LogP) is 3.65. The first-order chi connectivity index (χ1) is 17.3. The third kappa shape index (κ3) is 4.28. The number of aliphatic hydroxyl groups excluding tert-OH is 1. The van der Waals surface area contributed by atoms with Crippen LogP contribution in [0, 0.1) is 12.8 Å². The van der Waals surface area contributed by atoms with Crippen LogP contribution in [0.1, 0.15) is 55.3 Å². The van der Waals surface area contributed by atoms with Gasteiger partial charge in [-0.1, -0.05) is 16.8 Å². The van der Waals surface area contributed by atoms with Crippen LogP contribution in [0.2, 0.25) is 5.02 Å². The molecule has 4 heterocycles. The van der Waals surface area contributed by atoms with Crippen molar-refractivity contribution < 1.29 is 19.2 Å². The Morgan fingerprint density at radius 3 is 2.75 bits per heavy atom. The number of anilines is 1. The lowest BCUT2D eigenvalue weighted by atomic mass is 9.85. The summed E-state index contributed by atoms with van der Waals surface area (Å²) >= 11 is 6.71. The van der Waals surface area contributed by atoms with Gasteiger partial charge in [0.15, 0.2) is 5.82 Å². The van der Waals surface area contributed by atoms with Gasteiger partial charge in [-0.3, -0.25) is 9.69 Å². The molecule has 2 N–H and O–H groups in total. The highest BCUT2D eigenvalue weighted by Crippen LogP contribution is 2.47. The highest BCUT2D eigenvalue weighted by atomic mass is 35.5. The van der Waals surface area contributed by atoms with Crippen LogP contribution in [0.15, 0.2) is 28.9 Å². The average Bonchev–Trinajstić information content (AvgIpc) is 3.44. The minimum absolute atomic E-state index is 0.0258. The highest BCUT2D eigenvalue weighted by molar-refractivity contribution is 6.32. The number of nitrogens with zero attached hydrogens (tertiary/aromatic N) is 4. The SMILES string of the molecule is Cc1noc([C@@H]2C[C@H]2C(=O)Nc2cc3cc(C4CCN([C@@]5(C)COC[C@H]5O)CC4)c(Cl)cc3cn2)n1. The van der Waals surface area contributed by atoms with Crippen molar-refractivity contribution in [3.63, 3.8) is 0 Å². The first kappa shape index (κ1) is 23.8. The van der Waals surface area contributed by atoms with Crippen LogP contribution < -0.4 is 5.32 Å². The molecule has 1 aromatic carbocycles. The van der Waals surface area contributed by atoms with E-state index in [1.165, 1.54) is 0 Å². The number of fused-ring (bicyclic) bond motifs is 1. The molecule has 2 saturated heterocycles. The second-order valence-electron chi connectivity index (χ2n) is 10.6. The van der Waals surface area contributed by atoms with Gasteiger partial charge < -0.3 is 19.7 Å². The minimum atomic E-state index is -0.457. The predicted molar refractivity (Wildman–Crippen MR) is 134 cm³/mol. The molecule has 6 rings (SSSR count). The van der Waals surface area contributed by atoms with Gasteiger partial charge in [0.1, 0.15) is 5.82 Å². The van der Waals surface area contributed by atoms with Crippen molar-refractivity contribution in [3.8, 4) is 0 Å². The van der Waals surface area contributed by atoms with E-state index >= 15 is 0 Å². The number of benzene rings is 1. The number of rotatable bonds is 5. The molecule has 9 nitrogen and oxygen atoms in total. The maximum atomic E-state index is 12.8. The lowest BCUT2D eigenvalue weighted by Crippen LogP contribution is -2.56. The third-order valence-corrected chi connectivity index (χ3v) is 8.45. The minimum Gasteiger partial charge on any atom is -0.389 e. The monoisotopic (exact) mass is 511 g/mol. The Hall–Kier alpha value is -2.59. The molecule has 2 aliphatic heterocycles. The zero-order chi connectivity index (χ0) is 25.0. The summed E-state index contributed by atoms with van der Waals surface area (Å²) in [4.78, 5) is 23.8. The van der Waals surface area contributed by atoms with Crippen LogP contribution in [-0.4, -0.2) is 69.0 Å². The summed E-state index contributed by atoms with van der Waals surface area (Å²) in [6.45, 7) is 6.59. The van der Waals surface area contributed by atoms with E-state index in [9.17, 15) is 9.90 Å². The van der Waals surface area contributed by atoms with Crippen molar-refractivity contribution in [2.24, 2.45) is 5.92 Å². The summed E-state index contributed by atoms with van der Waals surface area (Å²) in [6.07, 6.45) is 3.90. The van der Waals surface area contributed by atoms with E-state index in [2.05, 4.69) is 38.3 Å². The molecular formula is C26H30ClN5O4. The van der Waals surface area contributed by atoms with Gasteiger partial charge in [0.25, 0.3) is 0 Å². The molecule has 36 heavy (non-hydrogen) atoms. The number of amides is 1. The number of pyridine rings is 1. The molecule has 0 radical (unpaired) electrons. The number of aliphatic hydroxyl groups is 1. The lowest BCUT2D eigenvalue weighted by Gasteiger charge is -2.43. The maximum Gasteiger partial charge on any atom is 0.230 e. The zero-order valence-electron chi connectivity index (χ0n) is 20.4. The van der Waals surface area contributed by atoms with E-state index in [-0.39, 0.29) is 23.3 Å². The summed E-state index contributed by atoms with van der Waals surface area (Å²) in [5.41, 5.74) is 0.800. The Labute approximate surface area is 214 Å². The van der Waals surface area contributed by atoms with E-state index in [0.29, 0.717) is 43.1 Å². The molecule has 0 unspecified atom stereocenters. The molecule has 1 saturated carbocycles. The first-order valence-electron chi connectivity index (χ1n) is 12.5. The number of halogens is 1. The number of aryl methyl sites for hydroxylation is 1. The Balaban J connectivity index is 1.15. The van der Waals surface area contributed by atoms with E-state index in [4.69, 9.17) is 20.9 Å². The zero-order valence-corrected chi connectivity index (χ0v) is 21.2. The number of hydrogen-bond acceptors (Lipinski definition) is 8. The molecule has 3 aromatic rings. The van der Waals surface area contributed by atoms with Gasteiger partial charge in [-0.25, -0.2) is 4.98 Å². The molecule has 190 valence electrons. The van der Waals surface area contributed by atoms with E-state index in [1.807, 2.05) is 12.1 Å². The van der Waals surface area contributed by atoms with Gasteiger partial charge in [0, 0.05) is 16.6 Å². The second kappa shape index (κ2) is 9.06. The van der Waals surface area contributed by atoms with Crippen LogP contribution in [-0.2, 0) is 9.53 Å². The number of likely N-dealkylation sites (tertiary alicyclic amines) is 1. The van der Waals surface area contributed by atoms with Gasteiger partial charge in [-0.05, 0) is 81.3 Å². The Bertz CT molecular complexity index is 1310. The smallest absolute Gasteiger partial charge is 0.230 e. The number of piperidine rings is 1. The van der Waals surface area contributed by atoms with Crippen LogP contribution in [0.25, 0.3) is 10.8 Å². The topological polar surface area (TPSA) is 114 Å². The van der Waals surface area contributed by atoms with Crippen molar-refractivity contribution in [2.75, 3.05) is 31.6 Å². The largest absolute Gasteiger partial charge is 0.389 e. The fraction of sp³-hybridized carbons (Fsp3) is 0.538. The number of nitrogens with one attached hydrogen (secondary N) is 1. The number of ether oxygens (including phenoxy) is 1. The number of aromatic nitrogens is 3. The second-order valence-corrected chi connectivity index (χ2v) is 11.0. The van der Waals surface area contributed by atoms with Gasteiger partial charge in [0.2, 0.25) is 11.8 Å². The van der Waals surface area contributed by atoms with E-state index in [1.54, 1.807) is 13.1 Å². The van der Waals surface area contributed by atoms with Gasteiger partial charge in [0.05, 0.1) is 36.7 Å². The molecule has 1 aliphatic carbocycles. The standard InChI is InChI=1S/C26H30ClN5O4/c1-14-29-25(36-31-14)20-10-19(20)24(34)30-23-9-16-7-18(21(27)8-17(16)11-28-23)15-3-5-32(6-4-15)26(2)13-35-12-22(26)33/h7-9,11,15,19-20,22,33H,3-6,10,12-13H2,1-2H3,(H,28,30,34)/t19-,20-,22-,26+/m1/s1. The summed E-state index contributed by atoms with van der Waals surface area (Å²) in [7, 11) is 0. The average molecular weight is 512 g/mol. The van der Waals surface area contributed by atoms with Crippen LogP contribution in [0.4, 0.5) is 5.82 Å². The van der Waals surface area contributed by atoms with Crippen molar-refractivity contribution in [1.29, 1.82) is 0 Å². The van der Waals surface area contributed by atoms with E-state index in [0.717, 1.165) is 47.3 Å². The first-order valence-corrected chi connectivity index (χ1v) is 12.9. The number of carbonyl (C=O) groups is 1. The summed E-state index contributed by atoms with van der Waals surface area (Å²) in [6, 6.07) is 6.00. The molecule has 4 atom stereocenters. The highest BCUT2D eigenvalue weighted by Gasteiger charge is 2.48. The number of hydrogen-bond donors (Lipinski definition) is 2. The molecule has 0 spiro atoms. The van der Waals surface area contributed by atoms with Crippen molar-refractivity contribution in [2.45, 2.75) is 56.6 Å². The summed E-state index contributed by atoms with van der Waals surface area (Å²) in [5, 5.41) is 19.8. The number of carbonyl (C=O) groups excluding carboxylic acids is 1. The summed E-state index contributed by atoms with van der Waals surface area (Å²) < 4.78 is 10.7. The molecule has 0 bridgehead atoms. The quantitative estimate of drug-likeness (QED) is 0.533. The Morgan fingerprint density at radius 1 is 1.25 bits per heavy atom. The van der Waals surface area contributed by atoms with Crippen LogP contribution >= 0.6 is 11.6 Å². The fourth-order valence-corrected chi connectivity index (χ4v) is 5.99. The third-order valence-electron chi connectivity index (χ3n) is 8.12. The Morgan fingerprint density at radius 2 is 2.06 bits per heavy atom. The van der Waals surface area contributed by atoms with Gasteiger partial charge in [-0.15, -0.1) is 0 Å². The maximum absolute atomic E-state index is 12.8. The molecule has 10 heteroatoms. The van der Waals surface area contributed by atoms with Crippen molar-refractivity contribution in [1.82, 2.24) is 20.0 Å². The molecule has 3 fully saturated rings. The lowest BCUT2D eigenvalue weighted by molar-refractivity contribution is -0.117. The van der Waals surface area contributed by atoms with Crippen molar-refractivity contribution in [3.05, 3.63) is 46.7 Å². The molecule has 3 aliphatic rings. The van der Waals surface area contributed by atoms with Gasteiger partial charge in [-0.2, -0.15) is 4.98 Å². The molecule has 1 amide bonds. The van der Waals surface area contributed by atoms with E-state index < -0.39 is 6.10 Å². The summed E-state index contributed by atoms with van der Waals surface area (Å²) in [5.74, 6) is 1.65. The van der Waals surface area contributed by atoms with Crippen molar-refractivity contribution >= 4 is 34.1 Å². The molecular weight excluding hydrogens is 482 g/mol. The normalized spacial score (nSPS) is 29.1. The molecule has 2 aromatic heterocycles. The van der Waals surface area contributed by atoms with Crippen LogP contribution in [0.5, 0.6) is 0 Å².